The van der Waals surface area contributed by atoms with Gasteiger partial charge in [0.1, 0.15) is 11.9 Å². The van der Waals surface area contributed by atoms with Gasteiger partial charge in [-0.25, -0.2) is 4.68 Å². The van der Waals surface area contributed by atoms with Crippen molar-refractivity contribution < 1.29 is 4.79 Å². The van der Waals surface area contributed by atoms with Crippen molar-refractivity contribution in [3.8, 4) is 0 Å². The van der Waals surface area contributed by atoms with Crippen molar-refractivity contribution in [2.45, 2.75) is 26.4 Å². The van der Waals surface area contributed by atoms with Crippen LogP contribution in [0.5, 0.6) is 0 Å². The molecule has 1 N–H and O–H groups in total. The Bertz CT molecular complexity index is 934. The maximum absolute atomic E-state index is 12.9. The third-order valence-corrected chi connectivity index (χ3v) is 4.27. The summed E-state index contributed by atoms with van der Waals surface area (Å²) in [7, 11) is 0. The lowest BCUT2D eigenvalue weighted by atomic mass is 10.1. The normalized spacial score (nSPS) is 11.9. The van der Waals surface area contributed by atoms with Crippen LogP contribution in [0, 0.1) is 6.92 Å². The molecule has 1 atom stereocenters. The molecule has 0 spiro atoms. The van der Waals surface area contributed by atoms with Crippen LogP contribution in [0.4, 0.5) is 0 Å². The minimum absolute atomic E-state index is 0.159. The molecule has 26 heavy (non-hydrogen) atoms. The number of tetrazole rings is 1. The number of aromatic nitrogens is 5. The van der Waals surface area contributed by atoms with Crippen molar-refractivity contribution in [1.82, 2.24) is 30.1 Å². The van der Waals surface area contributed by atoms with E-state index in [0.717, 1.165) is 5.56 Å². The highest BCUT2D eigenvalue weighted by Gasteiger charge is 2.18. The smallest absolute Gasteiger partial charge is 0.264 e. The summed E-state index contributed by atoms with van der Waals surface area (Å²) in [6.45, 7) is 4.45. The topological polar surface area (TPSA) is 94.7 Å². The Morgan fingerprint density at radius 3 is 2.69 bits per heavy atom. The monoisotopic (exact) mass is 352 g/mol. The molecule has 134 valence electrons. The number of amides is 1. The zero-order chi connectivity index (χ0) is 18.5. The molecule has 2 aromatic heterocycles. The van der Waals surface area contributed by atoms with E-state index in [2.05, 4.69) is 20.8 Å². The standard InChI is InChI=1S/C18H20N6O2/c1-13-8-10-24(14(2)15-6-4-3-5-7-15)18(26)16(13)17(25)19-9-11-23-12-20-21-22-23/h3-8,10,12,14H,9,11H2,1-2H3,(H,19,25). The van der Waals surface area contributed by atoms with Crippen LogP contribution in [0.2, 0.25) is 0 Å². The highest BCUT2D eigenvalue weighted by molar-refractivity contribution is 5.95. The first kappa shape index (κ1) is 17.5. The Balaban J connectivity index is 1.80. The summed E-state index contributed by atoms with van der Waals surface area (Å²) in [5, 5.41) is 13.6. The lowest BCUT2D eigenvalue weighted by molar-refractivity contribution is 0.0949. The summed E-state index contributed by atoms with van der Waals surface area (Å²) in [6, 6.07) is 11.3. The van der Waals surface area contributed by atoms with E-state index in [9.17, 15) is 9.59 Å². The lowest BCUT2D eigenvalue weighted by Crippen LogP contribution is -2.36. The summed E-state index contributed by atoms with van der Waals surface area (Å²) in [6.07, 6.45) is 3.20. The lowest BCUT2D eigenvalue weighted by Gasteiger charge is -2.17. The Morgan fingerprint density at radius 1 is 1.23 bits per heavy atom. The molecule has 0 aliphatic rings. The number of aryl methyl sites for hydroxylation is 1. The minimum Gasteiger partial charge on any atom is -0.350 e. The maximum Gasteiger partial charge on any atom is 0.264 e. The number of hydrogen-bond acceptors (Lipinski definition) is 5. The van der Waals surface area contributed by atoms with Crippen molar-refractivity contribution in [3.63, 3.8) is 0 Å². The fraction of sp³-hybridized carbons (Fsp3) is 0.278. The average Bonchev–Trinajstić information content (AvgIpc) is 3.15. The fourth-order valence-corrected chi connectivity index (χ4v) is 2.77. The second-order valence-corrected chi connectivity index (χ2v) is 6.00. The van der Waals surface area contributed by atoms with Gasteiger partial charge in [-0.3, -0.25) is 9.59 Å². The number of nitrogens with zero attached hydrogens (tertiary/aromatic N) is 5. The molecule has 0 saturated heterocycles. The Labute approximate surface area is 150 Å². The quantitative estimate of drug-likeness (QED) is 0.719. The second-order valence-electron chi connectivity index (χ2n) is 6.00. The predicted octanol–water partition coefficient (Wildman–Crippen LogP) is 1.18. The van der Waals surface area contributed by atoms with Crippen LogP contribution in [0.15, 0.2) is 53.7 Å². The number of hydrogen-bond donors (Lipinski definition) is 1. The zero-order valence-corrected chi connectivity index (χ0v) is 14.7. The van der Waals surface area contributed by atoms with Gasteiger partial charge in [0.2, 0.25) is 0 Å². The number of pyridine rings is 1. The third kappa shape index (κ3) is 3.69. The van der Waals surface area contributed by atoms with Gasteiger partial charge in [-0.15, -0.1) is 5.10 Å². The van der Waals surface area contributed by atoms with Gasteiger partial charge in [-0.1, -0.05) is 30.3 Å². The third-order valence-electron chi connectivity index (χ3n) is 4.27. The molecule has 0 aliphatic carbocycles. The van der Waals surface area contributed by atoms with Crippen LogP contribution < -0.4 is 10.9 Å². The Morgan fingerprint density at radius 2 is 2.00 bits per heavy atom. The first-order valence-corrected chi connectivity index (χ1v) is 8.33. The van der Waals surface area contributed by atoms with Crippen LogP contribution in [-0.2, 0) is 6.54 Å². The summed E-state index contributed by atoms with van der Waals surface area (Å²) >= 11 is 0. The first-order chi connectivity index (χ1) is 12.6. The van der Waals surface area contributed by atoms with Crippen molar-refractivity contribution in [2.24, 2.45) is 0 Å². The Kier molecular flexibility index (Phi) is 5.21. The largest absolute Gasteiger partial charge is 0.350 e. The molecule has 0 aliphatic heterocycles. The van der Waals surface area contributed by atoms with Gasteiger partial charge >= 0.3 is 0 Å². The van der Waals surface area contributed by atoms with Gasteiger partial charge in [0.15, 0.2) is 0 Å². The average molecular weight is 352 g/mol. The summed E-state index contributed by atoms with van der Waals surface area (Å²) in [5.74, 6) is -0.393. The van der Waals surface area contributed by atoms with Crippen LogP contribution >= 0.6 is 0 Å². The van der Waals surface area contributed by atoms with E-state index in [1.54, 1.807) is 23.8 Å². The predicted molar refractivity (Wildman–Crippen MR) is 95.8 cm³/mol. The second kappa shape index (κ2) is 7.73. The van der Waals surface area contributed by atoms with Gasteiger partial charge in [0, 0.05) is 12.7 Å². The Hall–Kier alpha value is -3.29. The SMILES string of the molecule is Cc1ccn(C(C)c2ccccc2)c(=O)c1C(=O)NCCn1cnnn1. The van der Waals surface area contributed by atoms with Gasteiger partial charge in [-0.05, 0) is 41.5 Å². The minimum atomic E-state index is -0.393. The van der Waals surface area contributed by atoms with E-state index in [4.69, 9.17) is 0 Å². The van der Waals surface area contributed by atoms with Crippen molar-refractivity contribution in [3.05, 3.63) is 76.0 Å². The number of carbonyl (C=O) groups excluding carboxylic acids is 1. The molecule has 1 unspecified atom stereocenters. The van der Waals surface area contributed by atoms with E-state index in [0.29, 0.717) is 18.7 Å². The van der Waals surface area contributed by atoms with Crippen LogP contribution in [0.1, 0.15) is 34.5 Å². The molecule has 0 bridgehead atoms. The summed E-state index contributed by atoms with van der Waals surface area (Å²) in [4.78, 5) is 25.4. The molecular formula is C18H20N6O2. The maximum atomic E-state index is 12.9. The van der Waals surface area contributed by atoms with Crippen molar-refractivity contribution >= 4 is 5.91 Å². The molecule has 8 nitrogen and oxygen atoms in total. The van der Waals surface area contributed by atoms with Gasteiger partial charge in [0.05, 0.1) is 12.6 Å². The van der Waals surface area contributed by atoms with Gasteiger partial charge in [-0.2, -0.15) is 0 Å². The number of benzene rings is 1. The fourth-order valence-electron chi connectivity index (χ4n) is 2.77. The summed E-state index contributed by atoms with van der Waals surface area (Å²) in [5.41, 5.74) is 1.50. The summed E-state index contributed by atoms with van der Waals surface area (Å²) < 4.78 is 3.09. The number of rotatable bonds is 6. The molecule has 0 fully saturated rings. The molecule has 0 radical (unpaired) electrons. The molecular weight excluding hydrogens is 332 g/mol. The van der Waals surface area contributed by atoms with Crippen molar-refractivity contribution in [1.29, 1.82) is 0 Å². The molecule has 1 aromatic carbocycles. The highest BCUT2D eigenvalue weighted by Crippen LogP contribution is 2.16. The van der Waals surface area contributed by atoms with E-state index in [1.807, 2.05) is 37.3 Å². The molecule has 3 aromatic rings. The molecule has 8 heteroatoms. The van der Waals surface area contributed by atoms with E-state index >= 15 is 0 Å². The van der Waals surface area contributed by atoms with Crippen molar-refractivity contribution in [2.75, 3.05) is 6.54 Å². The van der Waals surface area contributed by atoms with Crippen LogP contribution in [0.25, 0.3) is 0 Å². The zero-order valence-electron chi connectivity index (χ0n) is 14.7. The van der Waals surface area contributed by atoms with Gasteiger partial charge < -0.3 is 9.88 Å². The highest BCUT2D eigenvalue weighted by atomic mass is 16.2. The molecule has 0 saturated carbocycles. The molecule has 1 amide bonds. The van der Waals surface area contributed by atoms with Crippen LogP contribution in [0.3, 0.4) is 0 Å². The molecule has 2 heterocycles. The van der Waals surface area contributed by atoms with E-state index in [1.165, 1.54) is 11.0 Å². The number of carbonyl (C=O) groups is 1. The first-order valence-electron chi connectivity index (χ1n) is 8.33. The van der Waals surface area contributed by atoms with Crippen LogP contribution in [-0.4, -0.2) is 37.2 Å². The van der Waals surface area contributed by atoms with E-state index in [-0.39, 0.29) is 17.2 Å². The molecule has 3 rings (SSSR count). The number of nitrogens with one attached hydrogen (secondary N) is 1. The van der Waals surface area contributed by atoms with E-state index < -0.39 is 5.91 Å². The van der Waals surface area contributed by atoms with Gasteiger partial charge in [0.25, 0.3) is 11.5 Å².